The van der Waals surface area contributed by atoms with Crippen LogP contribution in [-0.2, 0) is 0 Å². The molecule has 0 N–H and O–H groups in total. The first kappa shape index (κ1) is 15.5. The van der Waals surface area contributed by atoms with Gasteiger partial charge in [0, 0.05) is 41.5 Å². The second-order valence-electron chi connectivity index (χ2n) is 6.55. The Morgan fingerprint density at radius 2 is 1.33 bits per heavy atom. The third-order valence-corrected chi connectivity index (χ3v) is 4.97. The van der Waals surface area contributed by atoms with Crippen molar-refractivity contribution in [1.82, 2.24) is 9.97 Å². The minimum Gasteiger partial charge on any atom is -0.264 e. The van der Waals surface area contributed by atoms with E-state index in [0.717, 1.165) is 39.0 Å². The smallest absolute Gasteiger partial charge is 0.0346 e. The molecule has 1 aromatic carbocycles. The van der Waals surface area contributed by atoms with Gasteiger partial charge in [0.25, 0.3) is 0 Å². The minimum absolute atomic E-state index is 0.988. The van der Waals surface area contributed by atoms with Crippen molar-refractivity contribution in [1.29, 1.82) is 0 Å². The number of hydrogen-bond donors (Lipinski definition) is 0. The molecule has 3 aromatic rings. The Labute approximate surface area is 158 Å². The lowest BCUT2D eigenvalue weighted by Crippen LogP contribution is -2.01. The molecule has 0 saturated heterocycles. The standard InChI is InChI=1S/C25H16N2/c1-17-7-2-3-10-22-23(17)25(19-9-6-14-27-16-19)21-12-4-11-20(21)24(22)18-8-5-13-26-15-18/h2-3,5-16H,1H2. The molecule has 0 radical (unpaired) electrons. The maximum absolute atomic E-state index is 4.35. The van der Waals surface area contributed by atoms with E-state index in [-0.39, 0.29) is 0 Å². The summed E-state index contributed by atoms with van der Waals surface area (Å²) in [5.41, 5.74) is 13.4. The highest BCUT2D eigenvalue weighted by molar-refractivity contribution is 6.04. The third-order valence-electron chi connectivity index (χ3n) is 4.97. The van der Waals surface area contributed by atoms with Gasteiger partial charge in [0.05, 0.1) is 0 Å². The fourth-order valence-electron chi connectivity index (χ4n) is 3.86. The molecule has 126 valence electrons. The molecule has 0 aliphatic heterocycles. The van der Waals surface area contributed by atoms with E-state index >= 15 is 0 Å². The van der Waals surface area contributed by atoms with Crippen LogP contribution in [0.3, 0.4) is 0 Å². The average molecular weight is 344 g/mol. The highest BCUT2D eigenvalue weighted by Gasteiger charge is 2.25. The van der Waals surface area contributed by atoms with E-state index in [9.17, 15) is 0 Å². The van der Waals surface area contributed by atoms with Crippen molar-refractivity contribution < 1.29 is 0 Å². The van der Waals surface area contributed by atoms with Crippen LogP contribution in [0.2, 0.25) is 0 Å². The lowest BCUT2D eigenvalue weighted by Gasteiger charge is -2.22. The molecule has 2 nitrogen and oxygen atoms in total. The Morgan fingerprint density at radius 3 is 2.00 bits per heavy atom. The highest BCUT2D eigenvalue weighted by atomic mass is 14.6. The number of pyridine rings is 2. The van der Waals surface area contributed by atoms with Crippen LogP contribution in [0.1, 0.15) is 22.3 Å². The van der Waals surface area contributed by atoms with E-state index in [4.69, 9.17) is 0 Å². The van der Waals surface area contributed by atoms with Crippen molar-refractivity contribution in [3.05, 3.63) is 102 Å². The fraction of sp³-hybridized carbons (Fsp3) is 0. The van der Waals surface area contributed by atoms with Gasteiger partial charge in [-0.05, 0) is 57.7 Å². The summed E-state index contributed by atoms with van der Waals surface area (Å²) in [4.78, 5) is 8.69. The Bertz CT molecular complexity index is 1190. The van der Waals surface area contributed by atoms with Crippen molar-refractivity contribution in [3.63, 3.8) is 0 Å². The van der Waals surface area contributed by atoms with Gasteiger partial charge in [0.1, 0.15) is 0 Å². The molecule has 0 bridgehead atoms. The van der Waals surface area contributed by atoms with Crippen molar-refractivity contribution in [2.24, 2.45) is 0 Å². The van der Waals surface area contributed by atoms with Crippen LogP contribution in [0.5, 0.6) is 0 Å². The molecule has 2 heterocycles. The summed E-state index contributed by atoms with van der Waals surface area (Å²) >= 11 is 0. The molecule has 0 fully saturated rings. The van der Waals surface area contributed by atoms with Crippen LogP contribution in [0, 0.1) is 0 Å². The van der Waals surface area contributed by atoms with E-state index in [2.05, 4.69) is 64.8 Å². The summed E-state index contributed by atoms with van der Waals surface area (Å²) in [6.45, 7) is 4.35. The molecule has 0 atom stereocenters. The van der Waals surface area contributed by atoms with Gasteiger partial charge in [-0.25, -0.2) is 0 Å². The van der Waals surface area contributed by atoms with Gasteiger partial charge in [0.15, 0.2) is 0 Å². The normalized spacial score (nSPS) is 13.6. The van der Waals surface area contributed by atoms with Crippen LogP contribution in [0.15, 0.2) is 79.6 Å². The van der Waals surface area contributed by atoms with E-state index in [1.165, 1.54) is 11.1 Å². The summed E-state index contributed by atoms with van der Waals surface area (Å²) in [7, 11) is 0. The lowest BCUT2D eigenvalue weighted by atomic mass is 9.81. The highest BCUT2D eigenvalue weighted by Crippen LogP contribution is 2.46. The van der Waals surface area contributed by atoms with Gasteiger partial charge >= 0.3 is 0 Å². The summed E-state index contributed by atoms with van der Waals surface area (Å²) in [6, 6.07) is 8.15. The predicted molar refractivity (Wildman–Crippen MR) is 113 cm³/mol. The van der Waals surface area contributed by atoms with E-state index in [0.29, 0.717) is 0 Å². The van der Waals surface area contributed by atoms with Crippen LogP contribution in [0.4, 0.5) is 0 Å². The summed E-state index contributed by atoms with van der Waals surface area (Å²) < 4.78 is 0. The molecular weight excluding hydrogens is 328 g/mol. The number of fused-ring (bicyclic) bond motifs is 2. The van der Waals surface area contributed by atoms with Gasteiger partial charge in [-0.1, -0.05) is 43.0 Å². The second-order valence-corrected chi connectivity index (χ2v) is 6.55. The minimum atomic E-state index is 0.988. The molecule has 2 aromatic heterocycles. The SMILES string of the molecule is C=C1C=CC=Cc2c1c(-c1cccnc1)c1c(c2-c2cccnc2)C=C=C1. The van der Waals surface area contributed by atoms with Crippen molar-refractivity contribution in [2.45, 2.75) is 0 Å². The molecular formula is C25H16N2. The van der Waals surface area contributed by atoms with E-state index < -0.39 is 0 Å². The van der Waals surface area contributed by atoms with Crippen molar-refractivity contribution in [2.75, 3.05) is 0 Å². The van der Waals surface area contributed by atoms with Crippen LogP contribution >= 0.6 is 0 Å². The maximum atomic E-state index is 4.35. The Kier molecular flexibility index (Phi) is 3.57. The molecule has 0 saturated carbocycles. The Morgan fingerprint density at radius 1 is 0.704 bits per heavy atom. The topological polar surface area (TPSA) is 25.8 Å². The predicted octanol–water partition coefficient (Wildman–Crippen LogP) is 6.05. The van der Waals surface area contributed by atoms with Gasteiger partial charge in [0.2, 0.25) is 0 Å². The second kappa shape index (κ2) is 6.21. The van der Waals surface area contributed by atoms with Gasteiger partial charge in [-0.15, -0.1) is 5.73 Å². The van der Waals surface area contributed by atoms with Gasteiger partial charge in [-0.2, -0.15) is 0 Å². The molecule has 0 spiro atoms. The largest absolute Gasteiger partial charge is 0.264 e. The molecule has 2 heteroatoms. The van der Waals surface area contributed by atoms with Crippen LogP contribution in [0.25, 0.3) is 46.1 Å². The lowest BCUT2D eigenvalue weighted by molar-refractivity contribution is 1.32. The first-order chi connectivity index (χ1) is 13.3. The molecule has 2 aliphatic carbocycles. The molecule has 0 amide bonds. The zero-order chi connectivity index (χ0) is 18.2. The first-order valence-corrected chi connectivity index (χ1v) is 8.86. The number of allylic oxidation sites excluding steroid dienone is 4. The number of nitrogens with zero attached hydrogens (tertiary/aromatic N) is 2. The summed E-state index contributed by atoms with van der Waals surface area (Å²) in [6.07, 6.45) is 19.9. The zero-order valence-corrected chi connectivity index (χ0v) is 14.7. The Balaban J connectivity index is 1.96. The summed E-state index contributed by atoms with van der Waals surface area (Å²) in [5, 5.41) is 0. The van der Waals surface area contributed by atoms with Gasteiger partial charge < -0.3 is 0 Å². The average Bonchev–Trinajstić information content (AvgIpc) is 3.12. The third kappa shape index (κ3) is 2.43. The van der Waals surface area contributed by atoms with Crippen LogP contribution in [-0.4, -0.2) is 9.97 Å². The molecule has 2 aliphatic rings. The monoisotopic (exact) mass is 344 g/mol. The number of hydrogen-bond acceptors (Lipinski definition) is 2. The molecule has 27 heavy (non-hydrogen) atoms. The van der Waals surface area contributed by atoms with Crippen molar-refractivity contribution in [3.8, 4) is 22.3 Å². The summed E-state index contributed by atoms with van der Waals surface area (Å²) in [5.74, 6) is 0. The van der Waals surface area contributed by atoms with Gasteiger partial charge in [-0.3, -0.25) is 9.97 Å². The molecule has 0 unspecified atom stereocenters. The number of aromatic nitrogens is 2. The zero-order valence-electron chi connectivity index (χ0n) is 14.7. The van der Waals surface area contributed by atoms with Crippen LogP contribution < -0.4 is 0 Å². The first-order valence-electron chi connectivity index (χ1n) is 8.86. The van der Waals surface area contributed by atoms with Crippen molar-refractivity contribution >= 4 is 23.8 Å². The number of rotatable bonds is 2. The number of benzene rings is 1. The maximum Gasteiger partial charge on any atom is 0.0346 e. The Hall–Kier alpha value is -3.74. The fourth-order valence-corrected chi connectivity index (χ4v) is 3.86. The van der Waals surface area contributed by atoms with E-state index in [1.807, 2.05) is 30.6 Å². The van der Waals surface area contributed by atoms with E-state index in [1.54, 1.807) is 12.4 Å². The molecule has 5 rings (SSSR count). The quantitative estimate of drug-likeness (QED) is 0.414.